The number of methoxy groups -OCH3 is 1. The number of ether oxygens (including phenoxy) is 2. The van der Waals surface area contributed by atoms with E-state index in [9.17, 15) is 27.2 Å². The second-order valence-corrected chi connectivity index (χ2v) is 13.4. The van der Waals surface area contributed by atoms with E-state index in [1.807, 2.05) is 6.92 Å². The van der Waals surface area contributed by atoms with Crippen molar-refractivity contribution in [3.8, 4) is 23.2 Å². The van der Waals surface area contributed by atoms with Gasteiger partial charge in [0.2, 0.25) is 0 Å². The molecule has 2 bridgehead atoms. The van der Waals surface area contributed by atoms with E-state index < -0.39 is 40.6 Å². The van der Waals surface area contributed by atoms with Crippen molar-refractivity contribution in [1.82, 2.24) is 14.9 Å². The monoisotopic (exact) mass is 676 g/mol. The molecule has 6 heterocycles. The molecule has 5 atom stereocenters. The fourth-order valence-electron chi connectivity index (χ4n) is 7.53. The summed E-state index contributed by atoms with van der Waals surface area (Å²) in [6.45, 7) is 4.08. The molecule has 248 valence electrons. The third kappa shape index (κ3) is 5.30. The Bertz CT molecular complexity index is 1920. The summed E-state index contributed by atoms with van der Waals surface area (Å²) in [5.74, 6) is -1.98. The Hall–Kier alpha value is -3.87. The number of nitriles is 1. The number of benzene rings is 2. The highest BCUT2D eigenvalue weighted by molar-refractivity contribution is 7.23. The summed E-state index contributed by atoms with van der Waals surface area (Å²) >= 11 is 0.706. The van der Waals surface area contributed by atoms with E-state index in [0.717, 1.165) is 31.2 Å². The average molecular weight is 677 g/mol. The summed E-state index contributed by atoms with van der Waals surface area (Å²) in [7, 11) is 1.27. The van der Waals surface area contributed by atoms with Crippen molar-refractivity contribution < 1.29 is 35.8 Å². The highest BCUT2D eigenvalue weighted by Gasteiger charge is 2.46. The van der Waals surface area contributed by atoms with Crippen molar-refractivity contribution in [2.75, 3.05) is 37.4 Å². The van der Waals surface area contributed by atoms with Crippen LogP contribution in [-0.2, 0) is 10.9 Å². The van der Waals surface area contributed by atoms with E-state index in [1.165, 1.54) is 20.0 Å². The van der Waals surface area contributed by atoms with Crippen LogP contribution in [-0.4, -0.2) is 72.1 Å². The maximum atomic E-state index is 16.4. The van der Waals surface area contributed by atoms with Gasteiger partial charge in [-0.05, 0) is 56.8 Å². The Kier molecular flexibility index (Phi) is 7.88. The van der Waals surface area contributed by atoms with E-state index in [2.05, 4.69) is 14.9 Å². The molecule has 0 amide bonds. The maximum absolute atomic E-state index is 16.4. The molecule has 15 heteroatoms. The molecule has 8 rings (SSSR count). The highest BCUT2D eigenvalue weighted by atomic mass is 32.1. The van der Waals surface area contributed by atoms with Crippen LogP contribution in [0.1, 0.15) is 43.7 Å². The predicted octanol–water partition coefficient (Wildman–Crippen LogP) is 6.83. The number of aromatic nitrogens is 2. The van der Waals surface area contributed by atoms with Gasteiger partial charge in [0.25, 0.3) is 0 Å². The van der Waals surface area contributed by atoms with Gasteiger partial charge in [0, 0.05) is 35.5 Å². The van der Waals surface area contributed by atoms with E-state index in [-0.39, 0.29) is 61.7 Å². The minimum atomic E-state index is -5.02. The van der Waals surface area contributed by atoms with E-state index in [0.29, 0.717) is 36.9 Å². The second kappa shape index (κ2) is 11.7. The lowest BCUT2D eigenvalue weighted by molar-refractivity contribution is -0.137. The number of hydrogen-bond acceptors (Lipinski definition) is 9. The summed E-state index contributed by atoms with van der Waals surface area (Å²) < 4.78 is 98.1. The fourth-order valence-corrected chi connectivity index (χ4v) is 8.48. The van der Waals surface area contributed by atoms with Crippen molar-refractivity contribution in [2.45, 2.75) is 69.2 Å². The van der Waals surface area contributed by atoms with Gasteiger partial charge < -0.3 is 20.1 Å². The Morgan fingerprint density at radius 1 is 1.17 bits per heavy atom. The number of nitrogens with zero attached hydrogens (tertiary/aromatic N) is 5. The normalized spacial score (nSPS) is 25.3. The summed E-state index contributed by atoms with van der Waals surface area (Å²) in [4.78, 5) is 12.5. The molecule has 4 aromatic rings. The van der Waals surface area contributed by atoms with Crippen LogP contribution in [0.2, 0.25) is 0 Å². The van der Waals surface area contributed by atoms with Gasteiger partial charge in [-0.15, -0.1) is 11.3 Å². The Labute approximate surface area is 269 Å². The van der Waals surface area contributed by atoms with Gasteiger partial charge in [0.05, 0.1) is 41.2 Å². The molecule has 2 N–H and O–H groups in total. The number of nitrogen functional groups attached to an aromatic ring is 1. The van der Waals surface area contributed by atoms with Crippen LogP contribution >= 0.6 is 11.3 Å². The molecule has 5 unspecified atom stereocenters. The predicted molar refractivity (Wildman–Crippen MR) is 165 cm³/mol. The topological polar surface area (TPSA) is 101 Å². The fraction of sp³-hybridized carbons (Fsp3) is 0.469. The lowest BCUT2D eigenvalue weighted by atomic mass is 9.92. The molecule has 0 radical (unpaired) electrons. The first-order chi connectivity index (χ1) is 22.4. The molecular formula is C32H30F6N6O2S. The Morgan fingerprint density at radius 2 is 1.96 bits per heavy atom. The van der Waals surface area contributed by atoms with E-state index in [4.69, 9.17) is 15.2 Å². The molecule has 0 aliphatic carbocycles. The van der Waals surface area contributed by atoms with Crippen LogP contribution in [0.4, 0.5) is 37.2 Å². The van der Waals surface area contributed by atoms with Crippen molar-refractivity contribution in [3.05, 3.63) is 41.0 Å². The number of alkyl halides is 4. The molecule has 4 saturated heterocycles. The van der Waals surface area contributed by atoms with Gasteiger partial charge >= 0.3 is 12.2 Å². The lowest BCUT2D eigenvalue weighted by Crippen LogP contribution is -2.42. The number of thiophene rings is 1. The van der Waals surface area contributed by atoms with Gasteiger partial charge in [-0.25, -0.2) is 13.2 Å². The molecule has 0 spiro atoms. The largest absolute Gasteiger partial charge is 0.467 e. The maximum Gasteiger partial charge on any atom is 0.417 e. The summed E-state index contributed by atoms with van der Waals surface area (Å²) in [5.41, 5.74) is 2.74. The quantitative estimate of drug-likeness (QED) is 0.236. The minimum absolute atomic E-state index is 0.0877. The number of hydrogen-bond donors (Lipinski definition) is 1. The van der Waals surface area contributed by atoms with Crippen LogP contribution in [0.15, 0.2) is 18.2 Å². The molecule has 4 aliphatic heterocycles. The van der Waals surface area contributed by atoms with Crippen LogP contribution in [0.25, 0.3) is 32.1 Å². The number of anilines is 2. The first kappa shape index (κ1) is 31.7. The number of rotatable bonds is 3. The SMILES string of the molecule is COc1nc(N2CC3CC2C(C)O3)c2cc(C(F)(F)F)c(-c3ccc(F)c4sc(N)c(C#N)c34)c(F)c2n1.FC1CC2CCCN2C1. The third-order valence-electron chi connectivity index (χ3n) is 9.56. The highest BCUT2D eigenvalue weighted by Crippen LogP contribution is 2.49. The zero-order chi connectivity index (χ0) is 33.4. The van der Waals surface area contributed by atoms with Crippen molar-refractivity contribution in [1.29, 1.82) is 5.26 Å². The van der Waals surface area contributed by atoms with Crippen LogP contribution < -0.4 is 15.4 Å². The first-order valence-electron chi connectivity index (χ1n) is 15.3. The third-order valence-corrected chi connectivity index (χ3v) is 10.6. The molecule has 2 aromatic heterocycles. The molecular weight excluding hydrogens is 646 g/mol. The lowest BCUT2D eigenvalue weighted by Gasteiger charge is -2.33. The number of fused-ring (bicyclic) bond motifs is 5. The van der Waals surface area contributed by atoms with Gasteiger partial charge in [-0.1, -0.05) is 6.07 Å². The minimum Gasteiger partial charge on any atom is -0.467 e. The molecule has 47 heavy (non-hydrogen) atoms. The summed E-state index contributed by atoms with van der Waals surface area (Å²) in [6, 6.07) is 4.77. The smallest absolute Gasteiger partial charge is 0.417 e. The summed E-state index contributed by atoms with van der Waals surface area (Å²) in [5, 5.41) is 9.19. The standard InChI is InChI=1S/C25H18F5N5O2S.C7H12FN/c1-9-16-5-10(37-9)8-35(16)23-12-6-14(25(28,29)30)18(19(27)20(12)33-24(34-23)36-2)11-3-4-15(26)21-17(11)13(7-31)22(32)38-21;8-6-4-7-2-1-3-9(7)5-6/h3-4,6,9-10,16H,5,8,32H2,1-2H3;6-7H,1-5H2. The van der Waals surface area contributed by atoms with Crippen LogP contribution in [0.3, 0.4) is 0 Å². The molecule has 4 aliphatic rings. The van der Waals surface area contributed by atoms with Crippen molar-refractivity contribution in [2.24, 2.45) is 0 Å². The number of nitrogens with two attached hydrogens (primary N) is 1. The van der Waals surface area contributed by atoms with Gasteiger partial charge in [0.15, 0.2) is 5.82 Å². The first-order valence-corrected chi connectivity index (χ1v) is 16.1. The Balaban J connectivity index is 0.000000334. The van der Waals surface area contributed by atoms with E-state index in [1.54, 1.807) is 11.0 Å². The average Bonchev–Trinajstić information content (AvgIpc) is 3.84. The molecule has 8 nitrogen and oxygen atoms in total. The zero-order valence-electron chi connectivity index (χ0n) is 25.4. The molecule has 4 fully saturated rings. The number of halogens is 6. The van der Waals surface area contributed by atoms with Gasteiger partial charge in [-0.3, -0.25) is 4.90 Å². The zero-order valence-corrected chi connectivity index (χ0v) is 26.2. The second-order valence-electron chi connectivity index (χ2n) is 12.3. The van der Waals surface area contributed by atoms with Crippen molar-refractivity contribution >= 4 is 43.1 Å². The van der Waals surface area contributed by atoms with Gasteiger partial charge in [-0.2, -0.15) is 28.4 Å². The number of morpholine rings is 1. The molecule has 2 aromatic carbocycles. The summed E-state index contributed by atoms with van der Waals surface area (Å²) in [6.07, 6.45) is -1.87. The van der Waals surface area contributed by atoms with Crippen molar-refractivity contribution in [3.63, 3.8) is 0 Å². The van der Waals surface area contributed by atoms with Gasteiger partial charge in [0.1, 0.15) is 34.4 Å². The van der Waals surface area contributed by atoms with E-state index >= 15 is 4.39 Å². The molecule has 0 saturated carbocycles. The Morgan fingerprint density at radius 3 is 2.62 bits per heavy atom. The van der Waals surface area contributed by atoms with Crippen LogP contribution in [0.5, 0.6) is 6.01 Å². The van der Waals surface area contributed by atoms with Crippen LogP contribution in [0, 0.1) is 23.0 Å².